The van der Waals surface area contributed by atoms with E-state index in [1.807, 2.05) is 52.0 Å². The van der Waals surface area contributed by atoms with Gasteiger partial charge < -0.3 is 37.3 Å². The molecule has 6 nitrogen and oxygen atoms in total. The summed E-state index contributed by atoms with van der Waals surface area (Å²) in [6.45, 7) is 8.69. The first-order valence-electron chi connectivity index (χ1n) is 7.95. The highest BCUT2D eigenvalue weighted by molar-refractivity contribution is 7.60. The Bertz CT molecular complexity index is 621. The molecule has 1 atom stereocenters. The first-order chi connectivity index (χ1) is 11.1. The molecule has 0 saturated carbocycles. The van der Waals surface area contributed by atoms with E-state index in [0.717, 1.165) is 5.46 Å². The van der Waals surface area contributed by atoms with Crippen LogP contribution in [0.1, 0.15) is 27.7 Å². The Kier molecular flexibility index (Phi) is 4.26. The largest absolute Gasteiger partial charge is 0.760 e. The van der Waals surface area contributed by atoms with Gasteiger partial charge in [-0.2, -0.15) is 0 Å². The van der Waals surface area contributed by atoms with Crippen LogP contribution < -0.4 is 20.8 Å². The smallest absolute Gasteiger partial charge is 0.494 e. The van der Waals surface area contributed by atoms with Crippen molar-refractivity contribution >= 4 is 31.2 Å². The van der Waals surface area contributed by atoms with Crippen molar-refractivity contribution in [2.24, 2.45) is 0 Å². The zero-order valence-corrected chi connectivity index (χ0v) is 15.2. The van der Waals surface area contributed by atoms with Crippen LogP contribution in [0.3, 0.4) is 0 Å². The van der Waals surface area contributed by atoms with Gasteiger partial charge in [0.25, 0.3) is 0 Å². The van der Waals surface area contributed by atoms with E-state index in [-0.39, 0.29) is 23.8 Å². The molecule has 1 aromatic carbocycles. The molecule has 0 bridgehead atoms. The zero-order valence-electron chi connectivity index (χ0n) is 14.3. The highest BCUT2D eigenvalue weighted by Crippen LogP contribution is 2.36. The second kappa shape index (κ2) is 5.86. The van der Waals surface area contributed by atoms with Crippen molar-refractivity contribution in [3.63, 3.8) is 0 Å². The van der Waals surface area contributed by atoms with Gasteiger partial charge in [0.1, 0.15) is 5.75 Å². The number of carbonyl (C=O) groups excluding carboxylic acids is 1. The van der Waals surface area contributed by atoms with Crippen LogP contribution in [0.15, 0.2) is 24.3 Å². The molecule has 3 rings (SSSR count). The third-order valence-electron chi connectivity index (χ3n) is 4.75. The van der Waals surface area contributed by atoms with E-state index < -0.39 is 12.0 Å². The van der Waals surface area contributed by atoms with Crippen molar-refractivity contribution in [2.45, 2.75) is 43.8 Å². The van der Waals surface area contributed by atoms with E-state index >= 15 is 0 Å². The van der Waals surface area contributed by atoms with Crippen LogP contribution in [0.5, 0.6) is 5.75 Å². The molecule has 2 aliphatic rings. The Morgan fingerprint density at radius 2 is 1.75 bits per heavy atom. The predicted molar refractivity (Wildman–Crippen MR) is 94.3 cm³/mol. The molecule has 0 unspecified atom stereocenters. The number of hydrogen-bond acceptors (Lipinski definition) is 5. The second-order valence-electron chi connectivity index (χ2n) is 7.25. The molecular formula is C16H22BN2O4S-. The fourth-order valence-corrected chi connectivity index (χ4v) is 2.73. The fourth-order valence-electron chi connectivity index (χ4n) is 2.51. The molecule has 2 fully saturated rings. The SMILES string of the molecule is CC1(C)OB(c2ccc(OC[C@]3([S-])CNC(=O)N3)cc2)OC1(C)C. The third-order valence-corrected chi connectivity index (χ3v) is 5.12. The van der Waals surface area contributed by atoms with E-state index in [1.54, 1.807) is 0 Å². The maximum Gasteiger partial charge on any atom is 0.494 e. The van der Waals surface area contributed by atoms with Crippen molar-refractivity contribution in [1.82, 2.24) is 10.6 Å². The third kappa shape index (κ3) is 3.36. The van der Waals surface area contributed by atoms with Gasteiger partial charge in [-0.25, -0.2) is 4.79 Å². The highest BCUT2D eigenvalue weighted by atomic mass is 32.1. The quantitative estimate of drug-likeness (QED) is 0.625. The first-order valence-corrected chi connectivity index (χ1v) is 8.36. The van der Waals surface area contributed by atoms with Gasteiger partial charge in [0, 0.05) is 6.54 Å². The Morgan fingerprint density at radius 1 is 1.17 bits per heavy atom. The molecule has 0 spiro atoms. The van der Waals surface area contributed by atoms with Gasteiger partial charge in [-0.15, -0.1) is 0 Å². The van der Waals surface area contributed by atoms with Crippen molar-refractivity contribution < 1.29 is 18.8 Å². The summed E-state index contributed by atoms with van der Waals surface area (Å²) in [6, 6.07) is 7.27. The van der Waals surface area contributed by atoms with Gasteiger partial charge in [0.15, 0.2) is 0 Å². The number of nitrogens with one attached hydrogen (secondary N) is 2. The fraction of sp³-hybridized carbons (Fsp3) is 0.562. The highest BCUT2D eigenvalue weighted by Gasteiger charge is 2.51. The lowest BCUT2D eigenvalue weighted by Crippen LogP contribution is -2.46. The van der Waals surface area contributed by atoms with Crippen molar-refractivity contribution in [3.05, 3.63) is 24.3 Å². The minimum absolute atomic E-state index is 0.219. The minimum Gasteiger partial charge on any atom is -0.760 e. The second-order valence-corrected chi connectivity index (χ2v) is 8.03. The molecule has 2 aliphatic heterocycles. The van der Waals surface area contributed by atoms with Crippen LogP contribution >= 0.6 is 0 Å². The summed E-state index contributed by atoms with van der Waals surface area (Å²) in [5.41, 5.74) is 0.203. The van der Waals surface area contributed by atoms with Gasteiger partial charge in [-0.3, -0.25) is 0 Å². The first kappa shape index (κ1) is 17.4. The summed E-state index contributed by atoms with van der Waals surface area (Å²) in [5.74, 6) is 0.681. The maximum absolute atomic E-state index is 11.2. The molecule has 24 heavy (non-hydrogen) atoms. The van der Waals surface area contributed by atoms with E-state index in [4.69, 9.17) is 26.7 Å². The summed E-state index contributed by atoms with van der Waals surface area (Å²) in [6.07, 6.45) is 0. The van der Waals surface area contributed by atoms with Crippen molar-refractivity contribution in [1.29, 1.82) is 0 Å². The minimum atomic E-state index is -0.804. The van der Waals surface area contributed by atoms with E-state index in [2.05, 4.69) is 10.6 Å². The van der Waals surface area contributed by atoms with Gasteiger partial charge in [-0.05, 0) is 50.2 Å². The number of urea groups is 1. The lowest BCUT2D eigenvalue weighted by molar-refractivity contribution is 0.00578. The van der Waals surface area contributed by atoms with Crippen LogP contribution in [0, 0.1) is 0 Å². The number of carbonyl (C=O) groups is 1. The molecule has 0 aromatic heterocycles. The molecule has 130 valence electrons. The van der Waals surface area contributed by atoms with Crippen LogP contribution in [0.2, 0.25) is 0 Å². The Hall–Kier alpha value is -1.38. The summed E-state index contributed by atoms with van der Waals surface area (Å²) < 4.78 is 17.7. The molecular weight excluding hydrogens is 327 g/mol. The number of ether oxygens (including phenoxy) is 1. The molecule has 2 amide bonds. The zero-order chi connectivity index (χ0) is 17.6. The average Bonchev–Trinajstić information content (AvgIpc) is 2.94. The lowest BCUT2D eigenvalue weighted by atomic mass is 9.79. The summed E-state index contributed by atoms with van der Waals surface area (Å²) in [5, 5.41) is 5.32. The molecule has 0 radical (unpaired) electrons. The van der Waals surface area contributed by atoms with Gasteiger partial charge in [0.2, 0.25) is 0 Å². The lowest BCUT2D eigenvalue weighted by Gasteiger charge is -2.34. The van der Waals surface area contributed by atoms with Crippen LogP contribution in [-0.2, 0) is 21.9 Å². The molecule has 0 aliphatic carbocycles. The van der Waals surface area contributed by atoms with Crippen LogP contribution in [-0.4, -0.2) is 42.4 Å². The van der Waals surface area contributed by atoms with E-state index in [1.165, 1.54) is 0 Å². The van der Waals surface area contributed by atoms with Crippen molar-refractivity contribution in [3.8, 4) is 5.75 Å². The monoisotopic (exact) mass is 349 g/mol. The van der Waals surface area contributed by atoms with Gasteiger partial charge in [0.05, 0.1) is 17.8 Å². The normalized spacial score (nSPS) is 27.7. The summed E-state index contributed by atoms with van der Waals surface area (Å²) in [4.78, 5) is 10.4. The van der Waals surface area contributed by atoms with E-state index in [9.17, 15) is 4.79 Å². The number of rotatable bonds is 4. The number of amides is 2. The topological polar surface area (TPSA) is 68.8 Å². The summed E-state index contributed by atoms with van der Waals surface area (Å²) >= 11 is 5.35. The molecule has 8 heteroatoms. The Balaban J connectivity index is 1.61. The molecule has 2 heterocycles. The number of hydrogen-bond donors (Lipinski definition) is 2. The predicted octanol–water partition coefficient (Wildman–Crippen LogP) is 0.921. The number of benzene rings is 1. The molecule has 2 N–H and O–H groups in total. The maximum atomic E-state index is 11.2. The standard InChI is InChI=1S/C16H23BN2O4S/c1-14(2)15(3,4)23-17(22-14)11-5-7-12(8-6-11)21-10-16(24)9-18-13(20)19-16/h5-8,24H,9-10H2,1-4H3,(H2,18,19,20)/p-1/t16-/m1/s1. The Morgan fingerprint density at radius 3 is 2.25 bits per heavy atom. The Labute approximate surface area is 148 Å². The van der Waals surface area contributed by atoms with Crippen molar-refractivity contribution in [2.75, 3.05) is 13.2 Å². The van der Waals surface area contributed by atoms with Crippen LogP contribution in [0.4, 0.5) is 4.79 Å². The molecule has 2 saturated heterocycles. The summed E-state index contributed by atoms with van der Waals surface area (Å²) in [7, 11) is -0.396. The van der Waals surface area contributed by atoms with Gasteiger partial charge >= 0.3 is 13.1 Å². The van der Waals surface area contributed by atoms with Gasteiger partial charge in [-0.1, -0.05) is 12.1 Å². The average molecular weight is 349 g/mol. The van der Waals surface area contributed by atoms with E-state index in [0.29, 0.717) is 12.3 Å². The molecule has 1 aromatic rings. The van der Waals surface area contributed by atoms with Crippen LogP contribution in [0.25, 0.3) is 0 Å².